The molecule has 0 radical (unpaired) electrons. The van der Waals surface area contributed by atoms with Crippen molar-refractivity contribution in [2.75, 3.05) is 6.54 Å². The standard InChI is InChI=1S/C27H18BrF6N3O5/c28-22-13-17(5-10-21(22)26(29,30)31)37-14-20(15-1-8-19(9-2-15)42-27(32,33)34)25(36-37)41-18-6-3-16(4-7-18)24(40)35-12-11-23(38)39/h1-10,13-14H,11-12H2,(H,35,40)(H,38,39). The third-order valence-electron chi connectivity index (χ3n) is 5.56. The number of carboxylic acids is 1. The second kappa shape index (κ2) is 12.1. The molecule has 1 heterocycles. The van der Waals surface area contributed by atoms with E-state index in [2.05, 4.69) is 31.1 Å². The molecule has 1 amide bonds. The normalized spacial score (nSPS) is 11.7. The lowest BCUT2D eigenvalue weighted by Crippen LogP contribution is -2.25. The highest BCUT2D eigenvalue weighted by Crippen LogP contribution is 2.38. The van der Waals surface area contributed by atoms with Crippen molar-refractivity contribution in [3.8, 4) is 34.2 Å². The molecular weight excluding hydrogens is 640 g/mol. The lowest BCUT2D eigenvalue weighted by molar-refractivity contribution is -0.274. The zero-order valence-electron chi connectivity index (χ0n) is 21.0. The number of nitrogens with one attached hydrogen (secondary N) is 1. The molecule has 0 aliphatic heterocycles. The lowest BCUT2D eigenvalue weighted by Gasteiger charge is -2.10. The summed E-state index contributed by atoms with van der Waals surface area (Å²) in [6.45, 7) is -0.0694. The number of hydrogen-bond acceptors (Lipinski definition) is 5. The highest BCUT2D eigenvalue weighted by Gasteiger charge is 2.33. The van der Waals surface area contributed by atoms with E-state index in [1.807, 2.05) is 0 Å². The molecule has 1 aromatic heterocycles. The number of carbonyl (C=O) groups is 2. The molecule has 8 nitrogen and oxygen atoms in total. The van der Waals surface area contributed by atoms with Gasteiger partial charge in [0, 0.05) is 22.8 Å². The van der Waals surface area contributed by atoms with Gasteiger partial charge < -0.3 is 19.9 Å². The fourth-order valence-corrected chi connectivity index (χ4v) is 4.24. The lowest BCUT2D eigenvalue weighted by atomic mass is 10.1. The van der Waals surface area contributed by atoms with Crippen LogP contribution in [0.2, 0.25) is 0 Å². The molecule has 0 unspecified atom stereocenters. The number of amides is 1. The van der Waals surface area contributed by atoms with Crippen molar-refractivity contribution in [1.29, 1.82) is 0 Å². The average molecular weight is 658 g/mol. The number of ether oxygens (including phenoxy) is 2. The van der Waals surface area contributed by atoms with Crippen molar-refractivity contribution in [1.82, 2.24) is 15.1 Å². The molecule has 220 valence electrons. The molecule has 0 saturated heterocycles. The minimum Gasteiger partial charge on any atom is -0.481 e. The maximum absolute atomic E-state index is 13.2. The molecule has 2 N–H and O–H groups in total. The van der Waals surface area contributed by atoms with Crippen LogP contribution in [0.3, 0.4) is 0 Å². The molecule has 3 aromatic carbocycles. The smallest absolute Gasteiger partial charge is 0.481 e. The van der Waals surface area contributed by atoms with Gasteiger partial charge in [-0.25, -0.2) is 4.68 Å². The van der Waals surface area contributed by atoms with Gasteiger partial charge in [-0.3, -0.25) is 9.59 Å². The summed E-state index contributed by atoms with van der Waals surface area (Å²) in [7, 11) is 0. The number of nitrogens with zero attached hydrogens (tertiary/aromatic N) is 2. The number of halogens is 7. The summed E-state index contributed by atoms with van der Waals surface area (Å²) in [5.74, 6) is -1.89. The molecule has 4 aromatic rings. The van der Waals surface area contributed by atoms with Gasteiger partial charge in [-0.2, -0.15) is 13.2 Å². The Morgan fingerprint density at radius 1 is 0.929 bits per heavy atom. The minimum absolute atomic E-state index is 0.0471. The number of carboxylic acid groups (broad SMARTS) is 1. The Balaban J connectivity index is 1.65. The summed E-state index contributed by atoms with van der Waals surface area (Å²) in [5, 5.41) is 15.5. The summed E-state index contributed by atoms with van der Waals surface area (Å²) in [5.41, 5.74) is 0.165. The number of rotatable bonds is 9. The molecule has 0 spiro atoms. The Hall–Kier alpha value is -4.53. The highest BCUT2D eigenvalue weighted by molar-refractivity contribution is 9.10. The number of benzene rings is 3. The maximum atomic E-state index is 13.2. The zero-order valence-corrected chi connectivity index (χ0v) is 22.5. The molecule has 0 aliphatic rings. The summed E-state index contributed by atoms with van der Waals surface area (Å²) < 4.78 is 88.2. The topological polar surface area (TPSA) is 103 Å². The van der Waals surface area contributed by atoms with Gasteiger partial charge in [0.15, 0.2) is 0 Å². The van der Waals surface area contributed by atoms with Crippen molar-refractivity contribution in [3.05, 3.63) is 88.5 Å². The number of alkyl halides is 6. The van der Waals surface area contributed by atoms with Crippen LogP contribution in [0.4, 0.5) is 26.3 Å². The van der Waals surface area contributed by atoms with Crippen LogP contribution >= 0.6 is 15.9 Å². The number of carbonyl (C=O) groups excluding carboxylic acids is 1. The third-order valence-corrected chi connectivity index (χ3v) is 6.21. The Morgan fingerprint density at radius 2 is 1.57 bits per heavy atom. The predicted octanol–water partition coefficient (Wildman–Crippen LogP) is 7.22. The second-order valence-corrected chi connectivity index (χ2v) is 9.41. The average Bonchev–Trinajstić information content (AvgIpc) is 3.31. The van der Waals surface area contributed by atoms with Crippen molar-refractivity contribution in [2.45, 2.75) is 19.0 Å². The van der Waals surface area contributed by atoms with Crippen LogP contribution in [0.1, 0.15) is 22.3 Å². The minimum atomic E-state index is -4.89. The fourth-order valence-electron chi connectivity index (χ4n) is 3.65. The van der Waals surface area contributed by atoms with Crippen LogP contribution in [-0.4, -0.2) is 39.7 Å². The first kappa shape index (κ1) is 30.4. The van der Waals surface area contributed by atoms with Gasteiger partial charge in [-0.15, -0.1) is 18.3 Å². The van der Waals surface area contributed by atoms with E-state index in [0.29, 0.717) is 5.56 Å². The van der Waals surface area contributed by atoms with Gasteiger partial charge in [0.25, 0.3) is 5.91 Å². The van der Waals surface area contributed by atoms with E-state index in [0.717, 1.165) is 18.2 Å². The van der Waals surface area contributed by atoms with E-state index in [9.17, 15) is 35.9 Å². The van der Waals surface area contributed by atoms with Gasteiger partial charge in [-0.1, -0.05) is 28.1 Å². The Kier molecular flexibility index (Phi) is 8.80. The monoisotopic (exact) mass is 657 g/mol. The van der Waals surface area contributed by atoms with Crippen LogP contribution in [0, 0.1) is 0 Å². The highest BCUT2D eigenvalue weighted by atomic mass is 79.9. The third kappa shape index (κ3) is 7.81. The number of aliphatic carboxylic acids is 1. The molecular formula is C27H18BrF6N3O5. The molecule has 0 aliphatic carbocycles. The second-order valence-electron chi connectivity index (χ2n) is 8.55. The molecule has 15 heteroatoms. The van der Waals surface area contributed by atoms with E-state index >= 15 is 0 Å². The van der Waals surface area contributed by atoms with E-state index in [1.54, 1.807) is 0 Å². The molecule has 42 heavy (non-hydrogen) atoms. The van der Waals surface area contributed by atoms with Crippen molar-refractivity contribution < 1.29 is 50.5 Å². The van der Waals surface area contributed by atoms with Crippen LogP contribution < -0.4 is 14.8 Å². The molecule has 0 atom stereocenters. The predicted molar refractivity (Wildman–Crippen MR) is 139 cm³/mol. The maximum Gasteiger partial charge on any atom is 0.573 e. The summed E-state index contributed by atoms with van der Waals surface area (Å²) in [6.07, 6.45) is -8.32. The quantitative estimate of drug-likeness (QED) is 0.184. The summed E-state index contributed by atoms with van der Waals surface area (Å²) >= 11 is 2.92. The van der Waals surface area contributed by atoms with Gasteiger partial charge >= 0.3 is 18.5 Å². The van der Waals surface area contributed by atoms with Crippen molar-refractivity contribution in [3.63, 3.8) is 0 Å². The fraction of sp³-hybridized carbons (Fsp3) is 0.148. The molecule has 4 rings (SSSR count). The van der Waals surface area contributed by atoms with Gasteiger partial charge in [-0.05, 0) is 60.2 Å². The van der Waals surface area contributed by atoms with Crippen molar-refractivity contribution >= 4 is 27.8 Å². The van der Waals surface area contributed by atoms with E-state index in [4.69, 9.17) is 9.84 Å². The van der Waals surface area contributed by atoms with Gasteiger partial charge in [0.2, 0.25) is 5.88 Å². The molecule has 0 saturated carbocycles. The van der Waals surface area contributed by atoms with E-state index in [1.165, 1.54) is 59.4 Å². The molecule has 0 fully saturated rings. The van der Waals surface area contributed by atoms with Gasteiger partial charge in [0.1, 0.15) is 11.5 Å². The largest absolute Gasteiger partial charge is 0.573 e. The van der Waals surface area contributed by atoms with E-state index in [-0.39, 0.29) is 45.9 Å². The zero-order chi connectivity index (χ0) is 30.7. The first-order valence-electron chi connectivity index (χ1n) is 11.8. The van der Waals surface area contributed by atoms with Crippen LogP contribution in [-0.2, 0) is 11.0 Å². The van der Waals surface area contributed by atoms with E-state index < -0.39 is 35.7 Å². The SMILES string of the molecule is O=C(O)CCNC(=O)c1ccc(Oc2nn(-c3ccc(C(F)(F)F)c(Br)c3)cc2-c2ccc(OC(F)(F)F)cc2)cc1. The Bertz CT molecular complexity index is 1590. The van der Waals surface area contributed by atoms with Crippen molar-refractivity contribution in [2.24, 2.45) is 0 Å². The first-order chi connectivity index (χ1) is 19.7. The van der Waals surface area contributed by atoms with Crippen LogP contribution in [0.15, 0.2) is 77.4 Å². The molecule has 0 bridgehead atoms. The summed E-state index contributed by atoms with van der Waals surface area (Å²) in [6, 6.07) is 13.8. The van der Waals surface area contributed by atoms with Crippen LogP contribution in [0.5, 0.6) is 17.4 Å². The Morgan fingerprint density at radius 3 is 2.14 bits per heavy atom. The van der Waals surface area contributed by atoms with Gasteiger partial charge in [0.05, 0.1) is 23.2 Å². The summed E-state index contributed by atoms with van der Waals surface area (Å²) in [4.78, 5) is 22.8. The van der Waals surface area contributed by atoms with Crippen LogP contribution in [0.25, 0.3) is 16.8 Å². The number of hydrogen-bond donors (Lipinski definition) is 2. The number of aromatic nitrogens is 2. The first-order valence-corrected chi connectivity index (χ1v) is 12.6. The Labute approximate surface area is 241 Å².